The molecule has 0 spiro atoms. The van der Waals surface area contributed by atoms with Crippen LogP contribution in [-0.2, 0) is 13.1 Å². The van der Waals surface area contributed by atoms with Gasteiger partial charge < -0.3 is 15.1 Å². The molecule has 2 aromatic rings. The van der Waals surface area contributed by atoms with E-state index in [-0.39, 0.29) is 29.7 Å². The molecule has 0 atom stereocenters. The summed E-state index contributed by atoms with van der Waals surface area (Å²) < 4.78 is 5.48. The van der Waals surface area contributed by atoms with Gasteiger partial charge in [0.15, 0.2) is 5.96 Å². The summed E-state index contributed by atoms with van der Waals surface area (Å²) in [4.78, 5) is 18.7. The molecule has 9 heteroatoms. The number of aliphatic imine (C=N–C) groups is 1. The minimum atomic E-state index is -0.413. The summed E-state index contributed by atoms with van der Waals surface area (Å²) in [5, 5.41) is 16.9. The normalized spacial score (nSPS) is 10.9. The monoisotopic (exact) mass is 445 g/mol. The Bertz CT molecular complexity index is 710. The lowest BCUT2D eigenvalue weighted by molar-refractivity contribution is -0.384. The summed E-state index contributed by atoms with van der Waals surface area (Å²) >= 11 is 0. The Balaban J connectivity index is 0.00000288. The minimum Gasteiger partial charge on any atom is -0.444 e. The van der Waals surface area contributed by atoms with Crippen LogP contribution < -0.4 is 10.6 Å². The number of guanidine groups is 1. The summed E-state index contributed by atoms with van der Waals surface area (Å²) in [5.74, 6) is 1.93. The third-order valence-corrected chi connectivity index (χ3v) is 3.28. The van der Waals surface area contributed by atoms with Crippen molar-refractivity contribution in [2.24, 2.45) is 4.99 Å². The summed E-state index contributed by atoms with van der Waals surface area (Å²) in [6, 6.07) is 6.46. The molecule has 2 N–H and O–H groups in total. The fourth-order valence-corrected chi connectivity index (χ4v) is 1.96. The molecule has 2 rings (SSSR count). The summed E-state index contributed by atoms with van der Waals surface area (Å²) in [5.41, 5.74) is 1.73. The van der Waals surface area contributed by atoms with Crippen LogP contribution in [0.3, 0.4) is 0 Å². The van der Waals surface area contributed by atoms with Crippen molar-refractivity contribution < 1.29 is 9.34 Å². The van der Waals surface area contributed by atoms with E-state index in [2.05, 4.69) is 20.6 Å². The number of rotatable bonds is 5. The maximum absolute atomic E-state index is 10.8. The molecule has 0 saturated carbocycles. The van der Waals surface area contributed by atoms with Gasteiger partial charge in [0, 0.05) is 25.7 Å². The topological polar surface area (TPSA) is 106 Å². The molecule has 0 aliphatic rings. The van der Waals surface area contributed by atoms with Gasteiger partial charge in [-0.15, -0.1) is 24.0 Å². The second-order valence-electron chi connectivity index (χ2n) is 4.96. The first kappa shape index (κ1) is 19.9. The van der Waals surface area contributed by atoms with E-state index in [0.717, 1.165) is 17.0 Å². The van der Waals surface area contributed by atoms with Crippen molar-refractivity contribution in [3.8, 4) is 0 Å². The number of aromatic nitrogens is 1. The van der Waals surface area contributed by atoms with Crippen molar-refractivity contribution in [3.63, 3.8) is 0 Å². The lowest BCUT2D eigenvalue weighted by atomic mass is 10.2. The molecule has 1 heterocycles. The lowest BCUT2D eigenvalue weighted by Gasteiger charge is -2.10. The number of nitrogens with zero attached hydrogens (tertiary/aromatic N) is 3. The lowest BCUT2D eigenvalue weighted by Crippen LogP contribution is -2.36. The van der Waals surface area contributed by atoms with Crippen molar-refractivity contribution in [3.05, 3.63) is 57.3 Å². The number of nitro benzene ring substituents is 1. The molecule has 0 bridgehead atoms. The number of non-ortho nitro benzene ring substituents is 1. The zero-order valence-electron chi connectivity index (χ0n) is 13.7. The standard InChI is InChI=1S/C15H19N5O3.HI/c1-10-11(2)23-14(19-10)9-18-15(16-3)17-8-12-5-4-6-13(7-12)20(21)22;/h4-7H,8-9H2,1-3H3,(H2,16,17,18);1H. The van der Waals surface area contributed by atoms with Crippen molar-refractivity contribution in [1.82, 2.24) is 15.6 Å². The molecule has 0 aliphatic heterocycles. The second kappa shape index (κ2) is 9.21. The van der Waals surface area contributed by atoms with E-state index in [0.29, 0.717) is 24.9 Å². The molecule has 130 valence electrons. The average molecular weight is 445 g/mol. The Kier molecular flexibility index (Phi) is 7.62. The van der Waals surface area contributed by atoms with Gasteiger partial charge >= 0.3 is 0 Å². The fraction of sp³-hybridized carbons (Fsp3) is 0.333. The number of hydrogen-bond donors (Lipinski definition) is 2. The van der Waals surface area contributed by atoms with Gasteiger partial charge in [-0.2, -0.15) is 0 Å². The predicted octanol–water partition coefficient (Wildman–Crippen LogP) is 2.68. The maximum Gasteiger partial charge on any atom is 0.269 e. The second-order valence-corrected chi connectivity index (χ2v) is 4.96. The average Bonchev–Trinajstić information content (AvgIpc) is 2.86. The number of aryl methyl sites for hydroxylation is 2. The maximum atomic E-state index is 10.8. The van der Waals surface area contributed by atoms with Crippen molar-refractivity contribution in [2.45, 2.75) is 26.9 Å². The summed E-state index contributed by atoms with van der Waals surface area (Å²) in [6.07, 6.45) is 0. The SMILES string of the molecule is CN=C(NCc1cccc([N+](=O)[O-])c1)NCc1nc(C)c(C)o1.I. The molecular weight excluding hydrogens is 425 g/mol. The van der Waals surface area contributed by atoms with Crippen LogP contribution in [0.2, 0.25) is 0 Å². The Morgan fingerprint density at radius 3 is 2.62 bits per heavy atom. The molecule has 24 heavy (non-hydrogen) atoms. The van der Waals surface area contributed by atoms with Crippen LogP contribution in [0.15, 0.2) is 33.7 Å². The highest BCUT2D eigenvalue weighted by Gasteiger charge is 2.08. The van der Waals surface area contributed by atoms with Crippen LogP contribution in [0.5, 0.6) is 0 Å². The van der Waals surface area contributed by atoms with Gasteiger partial charge in [0.2, 0.25) is 5.89 Å². The quantitative estimate of drug-likeness (QED) is 0.241. The van der Waals surface area contributed by atoms with Crippen molar-refractivity contribution in [1.29, 1.82) is 0 Å². The largest absolute Gasteiger partial charge is 0.444 e. The molecule has 1 aromatic heterocycles. The van der Waals surface area contributed by atoms with E-state index >= 15 is 0 Å². The van der Waals surface area contributed by atoms with Gasteiger partial charge in [0.25, 0.3) is 5.69 Å². The highest BCUT2D eigenvalue weighted by atomic mass is 127. The molecule has 0 radical (unpaired) electrons. The van der Waals surface area contributed by atoms with Gasteiger partial charge in [-0.3, -0.25) is 15.1 Å². The van der Waals surface area contributed by atoms with Crippen LogP contribution in [0, 0.1) is 24.0 Å². The number of nitro groups is 1. The van der Waals surface area contributed by atoms with E-state index in [4.69, 9.17) is 4.42 Å². The Hall–Kier alpha value is -2.17. The minimum absolute atomic E-state index is 0. The molecule has 0 amide bonds. The van der Waals surface area contributed by atoms with E-state index in [1.807, 2.05) is 19.9 Å². The molecule has 0 saturated heterocycles. The van der Waals surface area contributed by atoms with Crippen LogP contribution in [0.1, 0.15) is 22.9 Å². The molecule has 0 aliphatic carbocycles. The summed E-state index contributed by atoms with van der Waals surface area (Å²) in [6.45, 7) is 4.58. The number of halogens is 1. The number of oxazole rings is 1. The van der Waals surface area contributed by atoms with E-state index < -0.39 is 4.92 Å². The highest BCUT2D eigenvalue weighted by molar-refractivity contribution is 14.0. The zero-order chi connectivity index (χ0) is 16.8. The van der Waals surface area contributed by atoms with Gasteiger partial charge in [-0.25, -0.2) is 4.98 Å². The van der Waals surface area contributed by atoms with Crippen molar-refractivity contribution >= 4 is 35.6 Å². The number of benzene rings is 1. The van der Waals surface area contributed by atoms with Crippen LogP contribution in [0.4, 0.5) is 5.69 Å². The fourth-order valence-electron chi connectivity index (χ4n) is 1.96. The molecule has 8 nitrogen and oxygen atoms in total. The van der Waals surface area contributed by atoms with Gasteiger partial charge in [-0.1, -0.05) is 12.1 Å². The van der Waals surface area contributed by atoms with Gasteiger partial charge in [0.1, 0.15) is 5.76 Å². The first-order valence-electron chi connectivity index (χ1n) is 7.10. The zero-order valence-corrected chi connectivity index (χ0v) is 16.0. The van der Waals surface area contributed by atoms with Gasteiger partial charge in [0.05, 0.1) is 17.2 Å². The van der Waals surface area contributed by atoms with E-state index in [1.165, 1.54) is 12.1 Å². The third-order valence-electron chi connectivity index (χ3n) is 3.28. The number of nitrogens with one attached hydrogen (secondary N) is 2. The summed E-state index contributed by atoms with van der Waals surface area (Å²) in [7, 11) is 1.65. The first-order chi connectivity index (χ1) is 11.0. The van der Waals surface area contributed by atoms with E-state index in [1.54, 1.807) is 13.1 Å². The Morgan fingerprint density at radius 2 is 2.04 bits per heavy atom. The van der Waals surface area contributed by atoms with Gasteiger partial charge in [-0.05, 0) is 19.4 Å². The first-order valence-corrected chi connectivity index (χ1v) is 7.10. The van der Waals surface area contributed by atoms with Crippen molar-refractivity contribution in [2.75, 3.05) is 7.05 Å². The molecule has 0 fully saturated rings. The van der Waals surface area contributed by atoms with Crippen LogP contribution >= 0.6 is 24.0 Å². The van der Waals surface area contributed by atoms with Crippen LogP contribution in [0.25, 0.3) is 0 Å². The highest BCUT2D eigenvalue weighted by Crippen LogP contribution is 2.12. The molecule has 0 unspecified atom stereocenters. The molecular formula is C15H20IN5O3. The number of hydrogen-bond acceptors (Lipinski definition) is 5. The Labute approximate surface area is 156 Å². The van der Waals surface area contributed by atoms with Crippen LogP contribution in [-0.4, -0.2) is 22.9 Å². The smallest absolute Gasteiger partial charge is 0.269 e. The Morgan fingerprint density at radius 1 is 1.33 bits per heavy atom. The predicted molar refractivity (Wildman–Crippen MR) is 102 cm³/mol. The molecule has 1 aromatic carbocycles. The third kappa shape index (κ3) is 5.48. The van der Waals surface area contributed by atoms with E-state index in [9.17, 15) is 10.1 Å².